The van der Waals surface area contributed by atoms with Crippen molar-refractivity contribution in [3.63, 3.8) is 0 Å². The Bertz CT molecular complexity index is 3530. The quantitative estimate of drug-likeness (QED) is 0.176. The third-order valence-electron chi connectivity index (χ3n) is 11.1. The van der Waals surface area contributed by atoms with E-state index in [1.165, 1.54) is 42.1 Å². The maximum absolute atomic E-state index is 6.69. The molecule has 4 aromatic heterocycles. The maximum Gasteiger partial charge on any atom is 0.164 e. The van der Waals surface area contributed by atoms with Crippen LogP contribution >= 0.6 is 11.3 Å². The van der Waals surface area contributed by atoms with E-state index >= 15 is 0 Å². The molecule has 0 aliphatic heterocycles. The zero-order chi connectivity index (χ0) is 37.5. The van der Waals surface area contributed by atoms with Gasteiger partial charge in [0.1, 0.15) is 11.2 Å². The molecule has 8 aromatic carbocycles. The molecule has 0 unspecified atom stereocenters. The Morgan fingerprint density at radius 3 is 1.81 bits per heavy atom. The van der Waals surface area contributed by atoms with E-state index in [1.54, 1.807) is 11.3 Å². The summed E-state index contributed by atoms with van der Waals surface area (Å²) in [5.41, 5.74) is 10.1. The number of furan rings is 1. The molecule has 57 heavy (non-hydrogen) atoms. The van der Waals surface area contributed by atoms with Crippen molar-refractivity contribution in [2.24, 2.45) is 0 Å². The van der Waals surface area contributed by atoms with Gasteiger partial charge in [-0.15, -0.1) is 11.3 Å². The highest BCUT2D eigenvalue weighted by atomic mass is 32.1. The number of fused-ring (bicyclic) bond motifs is 9. The predicted octanol–water partition coefficient (Wildman–Crippen LogP) is 13.9. The summed E-state index contributed by atoms with van der Waals surface area (Å²) in [7, 11) is 0. The smallest absolute Gasteiger partial charge is 0.164 e. The number of rotatable bonds is 5. The van der Waals surface area contributed by atoms with Gasteiger partial charge in [-0.2, -0.15) is 0 Å². The van der Waals surface area contributed by atoms with E-state index in [0.29, 0.717) is 17.5 Å². The molecular weight excluding hydrogens is 717 g/mol. The highest BCUT2D eigenvalue weighted by Gasteiger charge is 2.21. The summed E-state index contributed by atoms with van der Waals surface area (Å²) in [6, 6.07) is 63.8. The molecule has 0 aliphatic rings. The Morgan fingerprint density at radius 1 is 0.386 bits per heavy atom. The molecule has 0 saturated carbocycles. The fraction of sp³-hybridized carbons (Fsp3) is 0. The number of para-hydroxylation sites is 1. The average molecular weight is 747 g/mol. The molecule has 6 heteroatoms. The molecule has 0 N–H and O–H groups in total. The maximum atomic E-state index is 6.69. The van der Waals surface area contributed by atoms with Crippen molar-refractivity contribution in [3.05, 3.63) is 182 Å². The number of hydrogen-bond donors (Lipinski definition) is 0. The van der Waals surface area contributed by atoms with E-state index in [2.05, 4.69) is 156 Å². The molecule has 0 fully saturated rings. The lowest BCUT2D eigenvalue weighted by Gasteiger charge is -2.10. The number of hydrogen-bond acceptors (Lipinski definition) is 5. The van der Waals surface area contributed by atoms with E-state index in [1.807, 2.05) is 30.3 Å². The van der Waals surface area contributed by atoms with Gasteiger partial charge >= 0.3 is 0 Å². The van der Waals surface area contributed by atoms with Crippen molar-refractivity contribution in [2.45, 2.75) is 0 Å². The van der Waals surface area contributed by atoms with Gasteiger partial charge in [-0.3, -0.25) is 0 Å². The minimum atomic E-state index is 0.591. The van der Waals surface area contributed by atoms with Gasteiger partial charge in [0.05, 0.1) is 22.1 Å². The predicted molar refractivity (Wildman–Crippen MR) is 236 cm³/mol. The molecular formula is C51H30N4OS. The minimum Gasteiger partial charge on any atom is -0.456 e. The van der Waals surface area contributed by atoms with Crippen LogP contribution < -0.4 is 0 Å². The molecule has 0 radical (unpaired) electrons. The van der Waals surface area contributed by atoms with Gasteiger partial charge in [-0.1, -0.05) is 133 Å². The van der Waals surface area contributed by atoms with Crippen molar-refractivity contribution in [3.8, 4) is 51.0 Å². The highest BCUT2D eigenvalue weighted by Crippen LogP contribution is 2.42. The molecule has 0 saturated heterocycles. The van der Waals surface area contributed by atoms with Gasteiger partial charge in [-0.05, 0) is 59.7 Å². The Morgan fingerprint density at radius 2 is 1.00 bits per heavy atom. The molecule has 12 rings (SSSR count). The molecule has 0 bridgehead atoms. The topological polar surface area (TPSA) is 56.7 Å². The van der Waals surface area contributed by atoms with Crippen molar-refractivity contribution < 1.29 is 4.42 Å². The molecule has 0 amide bonds. The molecule has 12 aromatic rings. The molecule has 0 spiro atoms. The van der Waals surface area contributed by atoms with Crippen LogP contribution in [0, 0.1) is 0 Å². The minimum absolute atomic E-state index is 0.591. The highest BCUT2D eigenvalue weighted by molar-refractivity contribution is 7.25. The zero-order valence-electron chi connectivity index (χ0n) is 30.4. The standard InChI is InChI=1S/C51H30N4OS/c1-3-13-31(14-4-1)35-19-11-21-41-47(35)38-18-7-9-20-40(38)55(41)42-22-12-23-43-48(42)39-28-26-33(29-44(39)56-43)50-52-49(32-15-5-2-6-16-32)53-51(54-50)34-25-27-37-36-17-8-10-24-45(36)57-46(37)30-34/h1-30H. The van der Waals surface area contributed by atoms with Crippen LogP contribution in [0.5, 0.6) is 0 Å². The van der Waals surface area contributed by atoms with E-state index in [4.69, 9.17) is 19.4 Å². The Labute approximate surface area is 330 Å². The van der Waals surface area contributed by atoms with Crippen LogP contribution in [-0.2, 0) is 0 Å². The summed E-state index contributed by atoms with van der Waals surface area (Å²) < 4.78 is 11.6. The lowest BCUT2D eigenvalue weighted by atomic mass is 9.99. The second-order valence-electron chi connectivity index (χ2n) is 14.4. The summed E-state index contributed by atoms with van der Waals surface area (Å²) in [5, 5.41) is 7.04. The largest absolute Gasteiger partial charge is 0.456 e. The zero-order valence-corrected chi connectivity index (χ0v) is 31.2. The van der Waals surface area contributed by atoms with E-state index in [-0.39, 0.29) is 0 Å². The van der Waals surface area contributed by atoms with Crippen molar-refractivity contribution in [1.29, 1.82) is 0 Å². The van der Waals surface area contributed by atoms with Gasteiger partial charge < -0.3 is 8.98 Å². The molecule has 4 heterocycles. The third kappa shape index (κ3) is 5.04. The number of thiophene rings is 1. The first kappa shape index (κ1) is 31.9. The van der Waals surface area contributed by atoms with Crippen LogP contribution in [-0.4, -0.2) is 19.5 Å². The van der Waals surface area contributed by atoms with Crippen molar-refractivity contribution in [1.82, 2.24) is 19.5 Å². The van der Waals surface area contributed by atoms with Gasteiger partial charge in [0.2, 0.25) is 0 Å². The first-order valence-corrected chi connectivity index (χ1v) is 19.8. The van der Waals surface area contributed by atoms with E-state index in [0.717, 1.165) is 55.3 Å². The summed E-state index contributed by atoms with van der Waals surface area (Å²) in [6.07, 6.45) is 0. The summed E-state index contributed by atoms with van der Waals surface area (Å²) in [4.78, 5) is 15.2. The van der Waals surface area contributed by atoms with E-state index in [9.17, 15) is 0 Å². The lowest BCUT2D eigenvalue weighted by molar-refractivity contribution is 0.669. The summed E-state index contributed by atoms with van der Waals surface area (Å²) in [5.74, 6) is 1.85. The Balaban J connectivity index is 1.04. The van der Waals surface area contributed by atoms with Crippen LogP contribution in [0.15, 0.2) is 186 Å². The fourth-order valence-corrected chi connectivity index (χ4v) is 9.63. The fourth-order valence-electron chi connectivity index (χ4n) is 8.49. The first-order chi connectivity index (χ1) is 28.2. The van der Waals surface area contributed by atoms with Crippen LogP contribution in [0.1, 0.15) is 0 Å². The second-order valence-corrected chi connectivity index (χ2v) is 15.4. The van der Waals surface area contributed by atoms with Gasteiger partial charge in [0.25, 0.3) is 0 Å². The monoisotopic (exact) mass is 746 g/mol. The van der Waals surface area contributed by atoms with Crippen molar-refractivity contribution in [2.75, 3.05) is 0 Å². The SMILES string of the molecule is c1ccc(-c2nc(-c3ccc4c(c3)oc3cccc(-n5c6ccccc6c6c(-c7ccccc7)cccc65)c34)nc(-c3ccc4c(c3)sc3ccccc34)n2)cc1. The van der Waals surface area contributed by atoms with Crippen LogP contribution in [0.2, 0.25) is 0 Å². The second kappa shape index (κ2) is 12.6. The van der Waals surface area contributed by atoms with Gasteiger partial charge in [0, 0.05) is 53.0 Å². The van der Waals surface area contributed by atoms with Gasteiger partial charge in [-0.25, -0.2) is 15.0 Å². The number of nitrogens with zero attached hydrogens (tertiary/aromatic N) is 4. The van der Waals surface area contributed by atoms with Crippen LogP contribution in [0.3, 0.4) is 0 Å². The molecule has 0 atom stereocenters. The summed E-state index contributed by atoms with van der Waals surface area (Å²) in [6.45, 7) is 0. The van der Waals surface area contributed by atoms with Crippen LogP contribution in [0.4, 0.5) is 0 Å². The normalized spacial score (nSPS) is 11.9. The Hall–Kier alpha value is -7.41. The molecule has 5 nitrogen and oxygen atoms in total. The number of benzene rings is 8. The van der Waals surface area contributed by atoms with Crippen molar-refractivity contribution >= 4 is 75.3 Å². The average Bonchev–Trinajstić information content (AvgIpc) is 3.96. The van der Waals surface area contributed by atoms with Crippen LogP contribution in [0.25, 0.3) is 115 Å². The molecule has 0 aliphatic carbocycles. The first-order valence-electron chi connectivity index (χ1n) is 19.0. The van der Waals surface area contributed by atoms with Gasteiger partial charge in [0.15, 0.2) is 17.5 Å². The number of aromatic nitrogens is 4. The Kier molecular flexibility index (Phi) is 7.03. The van der Waals surface area contributed by atoms with E-state index < -0.39 is 0 Å². The molecule has 266 valence electrons. The summed E-state index contributed by atoms with van der Waals surface area (Å²) >= 11 is 1.79. The lowest BCUT2D eigenvalue weighted by Crippen LogP contribution is -2.00. The third-order valence-corrected chi connectivity index (χ3v) is 12.2.